The molecule has 2 rings (SSSR count). The zero-order valence-corrected chi connectivity index (χ0v) is 14.1. The average molecular weight is 365 g/mol. The van der Waals surface area contributed by atoms with Gasteiger partial charge in [-0.1, -0.05) is 59.1 Å². The first-order chi connectivity index (χ1) is 9.83. The Morgan fingerprint density at radius 3 is 2.00 bits per heavy atom. The molecule has 1 N–H and O–H groups in total. The predicted molar refractivity (Wildman–Crippen MR) is 86.7 cm³/mol. The molecule has 2 aromatic rings. The lowest BCUT2D eigenvalue weighted by Crippen LogP contribution is -2.27. The van der Waals surface area contributed by atoms with Crippen molar-refractivity contribution >= 4 is 44.8 Å². The van der Waals surface area contributed by atoms with Gasteiger partial charge in [-0.25, -0.2) is 13.1 Å². The molecule has 0 unspecified atom stereocenters. The van der Waals surface area contributed by atoms with E-state index in [0.717, 1.165) is 0 Å². The Balaban J connectivity index is 2.36. The highest BCUT2D eigenvalue weighted by Crippen LogP contribution is 2.31. The van der Waals surface area contributed by atoms with Crippen molar-refractivity contribution < 1.29 is 8.42 Å². The van der Waals surface area contributed by atoms with Gasteiger partial charge in [0, 0.05) is 11.1 Å². The summed E-state index contributed by atoms with van der Waals surface area (Å²) < 4.78 is 27.4. The quantitative estimate of drug-likeness (QED) is 0.855. The van der Waals surface area contributed by atoms with Crippen LogP contribution in [0.15, 0.2) is 47.4 Å². The molecule has 0 spiro atoms. The maximum Gasteiger partial charge on any atom is 0.244 e. The molecular weight excluding hydrogens is 353 g/mol. The van der Waals surface area contributed by atoms with Gasteiger partial charge in [-0.15, -0.1) is 0 Å². The van der Waals surface area contributed by atoms with E-state index in [1.807, 2.05) is 0 Å². The van der Waals surface area contributed by atoms with Crippen LogP contribution >= 0.6 is 34.8 Å². The molecule has 0 aromatic heterocycles. The van der Waals surface area contributed by atoms with Crippen molar-refractivity contribution in [1.29, 1.82) is 0 Å². The van der Waals surface area contributed by atoms with Crippen LogP contribution in [0, 0.1) is 0 Å². The van der Waals surface area contributed by atoms with Gasteiger partial charge in [0.15, 0.2) is 0 Å². The third kappa shape index (κ3) is 3.71. The van der Waals surface area contributed by atoms with Gasteiger partial charge < -0.3 is 0 Å². The Hall–Kier alpha value is -0.780. The molecule has 0 aliphatic rings. The molecule has 0 saturated carbocycles. The molecule has 0 fully saturated rings. The molecule has 3 nitrogen and oxygen atoms in total. The summed E-state index contributed by atoms with van der Waals surface area (Å²) in [5, 5.41) is 0.626. The molecule has 0 bridgehead atoms. The summed E-state index contributed by atoms with van der Waals surface area (Å²) in [6.07, 6.45) is 0. The second-order valence-electron chi connectivity index (χ2n) is 4.42. The second-order valence-corrected chi connectivity index (χ2v) is 7.29. The SMILES string of the molecule is C[C@@H](NS(=O)(=O)c1c(Cl)cccc1Cl)c1ccccc1Cl. The van der Waals surface area contributed by atoms with Crippen LogP contribution in [0.3, 0.4) is 0 Å². The Bertz CT molecular complexity index is 742. The Kier molecular flexibility index (Phi) is 5.17. The van der Waals surface area contributed by atoms with Gasteiger partial charge >= 0.3 is 0 Å². The first kappa shape index (κ1) is 16.6. The van der Waals surface area contributed by atoms with E-state index >= 15 is 0 Å². The highest BCUT2D eigenvalue weighted by Gasteiger charge is 2.24. The fraction of sp³-hybridized carbons (Fsp3) is 0.143. The number of sulfonamides is 1. The highest BCUT2D eigenvalue weighted by atomic mass is 35.5. The number of nitrogens with one attached hydrogen (secondary N) is 1. The molecular formula is C14H12Cl3NO2S. The lowest BCUT2D eigenvalue weighted by molar-refractivity contribution is 0.567. The number of halogens is 3. The van der Waals surface area contributed by atoms with E-state index in [2.05, 4.69) is 4.72 Å². The monoisotopic (exact) mass is 363 g/mol. The van der Waals surface area contributed by atoms with Gasteiger partial charge in [0.05, 0.1) is 10.0 Å². The normalized spacial score (nSPS) is 13.1. The summed E-state index contributed by atoms with van der Waals surface area (Å²) in [6.45, 7) is 1.70. The molecule has 21 heavy (non-hydrogen) atoms. The number of rotatable bonds is 4. The Morgan fingerprint density at radius 1 is 0.905 bits per heavy atom. The van der Waals surface area contributed by atoms with E-state index in [1.165, 1.54) is 12.1 Å². The van der Waals surface area contributed by atoms with Gasteiger partial charge in [0.2, 0.25) is 10.0 Å². The van der Waals surface area contributed by atoms with Gasteiger partial charge in [0.1, 0.15) is 4.90 Å². The maximum atomic E-state index is 12.4. The van der Waals surface area contributed by atoms with Crippen molar-refractivity contribution in [2.24, 2.45) is 0 Å². The smallest absolute Gasteiger partial charge is 0.207 e. The van der Waals surface area contributed by atoms with Gasteiger partial charge in [0.25, 0.3) is 0 Å². The van der Waals surface area contributed by atoms with Crippen LogP contribution < -0.4 is 4.72 Å². The standard InChI is InChI=1S/C14H12Cl3NO2S/c1-9(10-5-2-3-6-11(10)15)18-21(19,20)14-12(16)7-4-8-13(14)17/h2-9,18H,1H3/t9-/m1/s1. The van der Waals surface area contributed by atoms with Gasteiger partial charge in [-0.3, -0.25) is 0 Å². The summed E-state index contributed by atoms with van der Waals surface area (Å²) in [5.74, 6) is 0. The van der Waals surface area contributed by atoms with Crippen molar-refractivity contribution in [3.05, 3.63) is 63.1 Å². The van der Waals surface area contributed by atoms with Gasteiger partial charge in [-0.2, -0.15) is 0 Å². The molecule has 0 aliphatic carbocycles. The van der Waals surface area contributed by atoms with Crippen LogP contribution in [0.1, 0.15) is 18.5 Å². The topological polar surface area (TPSA) is 46.2 Å². The number of hydrogen-bond acceptors (Lipinski definition) is 2. The number of hydrogen-bond donors (Lipinski definition) is 1. The maximum absolute atomic E-state index is 12.4. The zero-order chi connectivity index (χ0) is 15.6. The van der Waals surface area contributed by atoms with E-state index in [-0.39, 0.29) is 14.9 Å². The number of benzene rings is 2. The summed E-state index contributed by atoms with van der Waals surface area (Å²) in [6, 6.07) is 11.0. The molecule has 2 aromatic carbocycles. The molecule has 0 radical (unpaired) electrons. The van der Waals surface area contributed by atoms with Crippen molar-refractivity contribution in [1.82, 2.24) is 4.72 Å². The minimum atomic E-state index is -3.86. The van der Waals surface area contributed by atoms with E-state index in [0.29, 0.717) is 10.6 Å². The van der Waals surface area contributed by atoms with Crippen LogP contribution in [-0.2, 0) is 10.0 Å². The molecule has 0 aliphatic heterocycles. The van der Waals surface area contributed by atoms with Crippen LogP contribution in [0.25, 0.3) is 0 Å². The van der Waals surface area contributed by atoms with Crippen molar-refractivity contribution in [2.75, 3.05) is 0 Å². The molecule has 112 valence electrons. The second kappa shape index (κ2) is 6.55. The molecule has 0 amide bonds. The molecule has 7 heteroatoms. The minimum absolute atomic E-state index is 0.0707. The van der Waals surface area contributed by atoms with E-state index in [4.69, 9.17) is 34.8 Å². The fourth-order valence-electron chi connectivity index (χ4n) is 1.92. The minimum Gasteiger partial charge on any atom is -0.207 e. The average Bonchev–Trinajstić information content (AvgIpc) is 2.37. The van der Waals surface area contributed by atoms with Crippen molar-refractivity contribution in [2.45, 2.75) is 17.9 Å². The van der Waals surface area contributed by atoms with Crippen LogP contribution in [0.4, 0.5) is 0 Å². The summed E-state index contributed by atoms with van der Waals surface area (Å²) in [5.41, 5.74) is 0.672. The van der Waals surface area contributed by atoms with Crippen LogP contribution in [-0.4, -0.2) is 8.42 Å². The zero-order valence-electron chi connectivity index (χ0n) is 11.0. The van der Waals surface area contributed by atoms with Crippen LogP contribution in [0.2, 0.25) is 15.1 Å². The summed E-state index contributed by atoms with van der Waals surface area (Å²) >= 11 is 18.0. The third-order valence-electron chi connectivity index (χ3n) is 2.89. The van der Waals surface area contributed by atoms with Crippen molar-refractivity contribution in [3.8, 4) is 0 Å². The fourth-order valence-corrected chi connectivity index (χ4v) is 4.59. The Labute approximate surface area is 138 Å². The van der Waals surface area contributed by atoms with E-state index in [1.54, 1.807) is 37.3 Å². The third-order valence-corrected chi connectivity index (χ3v) is 5.73. The first-order valence-corrected chi connectivity index (χ1v) is 8.65. The Morgan fingerprint density at radius 2 is 1.43 bits per heavy atom. The first-order valence-electron chi connectivity index (χ1n) is 6.03. The largest absolute Gasteiger partial charge is 0.244 e. The summed E-state index contributed by atoms with van der Waals surface area (Å²) in [4.78, 5) is -0.132. The molecule has 0 saturated heterocycles. The summed E-state index contributed by atoms with van der Waals surface area (Å²) in [7, 11) is -3.86. The lowest BCUT2D eigenvalue weighted by Gasteiger charge is -2.17. The predicted octanol–water partition coefficient (Wildman–Crippen LogP) is 4.69. The van der Waals surface area contributed by atoms with Crippen molar-refractivity contribution in [3.63, 3.8) is 0 Å². The highest BCUT2D eigenvalue weighted by molar-refractivity contribution is 7.89. The molecule has 1 atom stereocenters. The van der Waals surface area contributed by atoms with E-state index < -0.39 is 16.1 Å². The lowest BCUT2D eigenvalue weighted by atomic mass is 10.1. The van der Waals surface area contributed by atoms with E-state index in [9.17, 15) is 8.42 Å². The molecule has 0 heterocycles. The van der Waals surface area contributed by atoms with Gasteiger partial charge in [-0.05, 0) is 30.7 Å². The van der Waals surface area contributed by atoms with Crippen LogP contribution in [0.5, 0.6) is 0 Å².